The van der Waals surface area contributed by atoms with Gasteiger partial charge in [-0.1, -0.05) is 0 Å². The SMILES string of the molecule is CC(CC#N)S(=O)(=O)c1ccc([N+](=O)[O-])cc1. The summed E-state index contributed by atoms with van der Waals surface area (Å²) in [5.74, 6) is 0. The maximum atomic E-state index is 11.9. The topological polar surface area (TPSA) is 101 Å². The van der Waals surface area contributed by atoms with Gasteiger partial charge in [0.2, 0.25) is 0 Å². The van der Waals surface area contributed by atoms with Gasteiger partial charge in [-0.3, -0.25) is 10.1 Å². The van der Waals surface area contributed by atoms with Crippen LogP contribution in [0, 0.1) is 21.4 Å². The van der Waals surface area contributed by atoms with Crippen molar-refractivity contribution in [3.8, 4) is 6.07 Å². The average molecular weight is 254 g/mol. The Labute approximate surface area is 98.6 Å². The molecule has 0 aromatic heterocycles. The van der Waals surface area contributed by atoms with Crippen LogP contribution < -0.4 is 0 Å². The monoisotopic (exact) mass is 254 g/mol. The summed E-state index contributed by atoms with van der Waals surface area (Å²) in [6, 6.07) is 6.41. The van der Waals surface area contributed by atoms with E-state index >= 15 is 0 Å². The van der Waals surface area contributed by atoms with Gasteiger partial charge in [-0.2, -0.15) is 5.26 Å². The second-order valence-corrected chi connectivity index (χ2v) is 5.84. The lowest BCUT2D eigenvalue weighted by molar-refractivity contribution is -0.384. The number of hydrogen-bond acceptors (Lipinski definition) is 5. The van der Waals surface area contributed by atoms with E-state index in [9.17, 15) is 18.5 Å². The maximum Gasteiger partial charge on any atom is 0.269 e. The molecule has 1 rings (SSSR count). The van der Waals surface area contributed by atoms with Crippen molar-refractivity contribution >= 4 is 15.5 Å². The van der Waals surface area contributed by atoms with Gasteiger partial charge in [0.05, 0.1) is 27.6 Å². The summed E-state index contributed by atoms with van der Waals surface area (Å²) < 4.78 is 23.8. The average Bonchev–Trinajstić information content (AvgIpc) is 2.29. The number of rotatable bonds is 4. The molecule has 0 radical (unpaired) electrons. The Morgan fingerprint density at radius 1 is 1.41 bits per heavy atom. The van der Waals surface area contributed by atoms with Crippen LogP contribution in [0.1, 0.15) is 13.3 Å². The van der Waals surface area contributed by atoms with Crippen LogP contribution in [0.2, 0.25) is 0 Å². The van der Waals surface area contributed by atoms with Crippen LogP contribution in [0.25, 0.3) is 0 Å². The third-order valence-corrected chi connectivity index (χ3v) is 4.44. The molecule has 0 saturated heterocycles. The smallest absolute Gasteiger partial charge is 0.258 e. The van der Waals surface area contributed by atoms with E-state index in [1.807, 2.05) is 0 Å². The number of nitro benzene ring substituents is 1. The van der Waals surface area contributed by atoms with E-state index in [0.717, 1.165) is 12.1 Å². The molecule has 1 aromatic rings. The van der Waals surface area contributed by atoms with Gasteiger partial charge in [-0.15, -0.1) is 0 Å². The third-order valence-electron chi connectivity index (χ3n) is 2.28. The summed E-state index contributed by atoms with van der Waals surface area (Å²) in [6.07, 6.45) is -0.112. The quantitative estimate of drug-likeness (QED) is 0.600. The Morgan fingerprint density at radius 3 is 2.35 bits per heavy atom. The molecular weight excluding hydrogens is 244 g/mol. The maximum absolute atomic E-state index is 11.9. The van der Waals surface area contributed by atoms with E-state index in [4.69, 9.17) is 5.26 Å². The van der Waals surface area contributed by atoms with Crippen molar-refractivity contribution < 1.29 is 13.3 Å². The molecule has 0 saturated carbocycles. The summed E-state index contributed by atoms with van der Waals surface area (Å²) in [6.45, 7) is 1.43. The first-order valence-electron chi connectivity index (χ1n) is 4.75. The van der Waals surface area contributed by atoms with Crippen LogP contribution >= 0.6 is 0 Å². The lowest BCUT2D eigenvalue weighted by Crippen LogP contribution is -2.17. The van der Waals surface area contributed by atoms with Crippen LogP contribution in [0.15, 0.2) is 29.2 Å². The van der Waals surface area contributed by atoms with Crippen LogP contribution in [0.3, 0.4) is 0 Å². The molecule has 0 aliphatic rings. The highest BCUT2D eigenvalue weighted by atomic mass is 32.2. The highest BCUT2D eigenvalue weighted by molar-refractivity contribution is 7.92. The number of hydrogen-bond donors (Lipinski definition) is 0. The van der Waals surface area contributed by atoms with Crippen molar-refractivity contribution in [2.75, 3.05) is 0 Å². The van der Waals surface area contributed by atoms with Crippen LogP contribution in [0.4, 0.5) is 5.69 Å². The number of benzene rings is 1. The summed E-state index contributed by atoms with van der Waals surface area (Å²) in [4.78, 5) is 9.80. The van der Waals surface area contributed by atoms with Crippen LogP contribution in [-0.4, -0.2) is 18.6 Å². The normalized spacial score (nSPS) is 12.7. The van der Waals surface area contributed by atoms with Gasteiger partial charge in [0, 0.05) is 12.1 Å². The molecule has 6 nitrogen and oxygen atoms in total. The Hall–Kier alpha value is -1.94. The Morgan fingerprint density at radius 2 is 1.94 bits per heavy atom. The summed E-state index contributed by atoms with van der Waals surface area (Å²) in [5.41, 5.74) is -0.170. The predicted molar refractivity (Wildman–Crippen MR) is 60.0 cm³/mol. The van der Waals surface area contributed by atoms with Gasteiger partial charge in [-0.25, -0.2) is 8.42 Å². The molecule has 90 valence electrons. The zero-order chi connectivity index (χ0) is 13.1. The van der Waals surface area contributed by atoms with E-state index in [0.29, 0.717) is 0 Å². The van der Waals surface area contributed by atoms with Gasteiger partial charge in [-0.05, 0) is 19.1 Å². The molecule has 17 heavy (non-hydrogen) atoms. The highest BCUT2D eigenvalue weighted by Crippen LogP contribution is 2.20. The molecule has 0 heterocycles. The van der Waals surface area contributed by atoms with Crippen molar-refractivity contribution in [3.63, 3.8) is 0 Å². The first-order valence-corrected chi connectivity index (χ1v) is 6.29. The Bertz CT molecular complexity index is 557. The van der Waals surface area contributed by atoms with E-state index in [2.05, 4.69) is 0 Å². The van der Waals surface area contributed by atoms with Crippen molar-refractivity contribution in [3.05, 3.63) is 34.4 Å². The molecule has 0 N–H and O–H groups in total. The fourth-order valence-corrected chi connectivity index (χ4v) is 2.50. The molecule has 1 unspecified atom stereocenters. The van der Waals surface area contributed by atoms with Crippen molar-refractivity contribution in [1.29, 1.82) is 5.26 Å². The fourth-order valence-electron chi connectivity index (χ4n) is 1.23. The fraction of sp³-hybridized carbons (Fsp3) is 0.300. The summed E-state index contributed by atoms with van der Waals surface area (Å²) >= 11 is 0. The first kappa shape index (κ1) is 13.1. The zero-order valence-electron chi connectivity index (χ0n) is 9.03. The Kier molecular flexibility index (Phi) is 3.81. The van der Waals surface area contributed by atoms with Gasteiger partial charge < -0.3 is 0 Å². The minimum atomic E-state index is -3.59. The van der Waals surface area contributed by atoms with E-state index in [1.54, 1.807) is 6.07 Å². The van der Waals surface area contributed by atoms with Crippen molar-refractivity contribution in [2.45, 2.75) is 23.5 Å². The largest absolute Gasteiger partial charge is 0.269 e. The molecule has 7 heteroatoms. The number of nitrogens with zero attached hydrogens (tertiary/aromatic N) is 2. The molecule has 0 fully saturated rings. The zero-order valence-corrected chi connectivity index (χ0v) is 9.85. The molecule has 0 spiro atoms. The number of non-ortho nitro benzene ring substituents is 1. The minimum absolute atomic E-state index is 0.00847. The molecule has 0 amide bonds. The standard InChI is InChI=1S/C10H10N2O4S/c1-8(6-7-11)17(15,16)10-4-2-9(3-5-10)12(13)14/h2-5,8H,6H2,1H3. The van der Waals surface area contributed by atoms with E-state index in [1.165, 1.54) is 19.1 Å². The van der Waals surface area contributed by atoms with E-state index < -0.39 is 20.0 Å². The van der Waals surface area contributed by atoms with Gasteiger partial charge in [0.1, 0.15) is 0 Å². The third kappa shape index (κ3) is 2.79. The summed E-state index contributed by atoms with van der Waals surface area (Å²) in [5, 5.41) is 18.0. The minimum Gasteiger partial charge on any atom is -0.258 e. The molecule has 0 bridgehead atoms. The van der Waals surface area contributed by atoms with Gasteiger partial charge in [0.25, 0.3) is 5.69 Å². The van der Waals surface area contributed by atoms with Gasteiger partial charge in [0.15, 0.2) is 9.84 Å². The Balaban J connectivity index is 3.09. The lowest BCUT2D eigenvalue weighted by atomic mass is 10.3. The van der Waals surface area contributed by atoms with Crippen LogP contribution in [0.5, 0.6) is 0 Å². The molecule has 1 aromatic carbocycles. The van der Waals surface area contributed by atoms with Crippen molar-refractivity contribution in [2.24, 2.45) is 0 Å². The second kappa shape index (κ2) is 4.93. The van der Waals surface area contributed by atoms with Gasteiger partial charge >= 0.3 is 0 Å². The molecular formula is C10H10N2O4S. The van der Waals surface area contributed by atoms with Crippen LogP contribution in [-0.2, 0) is 9.84 Å². The molecule has 0 aliphatic carbocycles. The second-order valence-electron chi connectivity index (χ2n) is 3.47. The van der Waals surface area contributed by atoms with Crippen molar-refractivity contribution in [1.82, 2.24) is 0 Å². The lowest BCUT2D eigenvalue weighted by Gasteiger charge is -2.08. The summed E-state index contributed by atoms with van der Waals surface area (Å²) in [7, 11) is -3.59. The number of sulfone groups is 1. The number of nitriles is 1. The highest BCUT2D eigenvalue weighted by Gasteiger charge is 2.23. The first-order chi connectivity index (χ1) is 7.89. The molecule has 1 atom stereocenters. The van der Waals surface area contributed by atoms with E-state index in [-0.39, 0.29) is 17.0 Å². The molecule has 0 aliphatic heterocycles. The number of nitro groups is 1. The predicted octanol–water partition coefficient (Wildman–Crippen LogP) is 1.67.